The highest BCUT2D eigenvalue weighted by Gasteiger charge is 2.26. The molecule has 5 nitrogen and oxygen atoms in total. The highest BCUT2D eigenvalue weighted by atomic mass is 16.5. The van der Waals surface area contributed by atoms with Crippen LogP contribution < -0.4 is 5.32 Å². The number of aryl methyl sites for hydroxylation is 1. The number of nitrogens with zero attached hydrogens (tertiary/aromatic N) is 2. The van der Waals surface area contributed by atoms with Gasteiger partial charge in [-0.1, -0.05) is 6.07 Å². The molecule has 1 aromatic heterocycles. The zero-order chi connectivity index (χ0) is 18.4. The number of methoxy groups -OCH3 is 1. The maximum Gasteiger partial charge on any atom is 0.223 e. The molecule has 1 N–H and O–H groups in total. The van der Waals surface area contributed by atoms with Crippen molar-refractivity contribution in [2.45, 2.75) is 57.5 Å². The minimum atomic E-state index is 0.180. The monoisotopic (exact) mass is 359 g/mol. The van der Waals surface area contributed by atoms with Crippen LogP contribution in [0.4, 0.5) is 0 Å². The van der Waals surface area contributed by atoms with Crippen LogP contribution in [-0.4, -0.2) is 55.2 Å². The van der Waals surface area contributed by atoms with Crippen LogP contribution in [0, 0.1) is 12.8 Å². The molecule has 1 aliphatic heterocycles. The van der Waals surface area contributed by atoms with Crippen molar-refractivity contribution < 1.29 is 9.53 Å². The Morgan fingerprint density at radius 2 is 1.92 bits per heavy atom. The molecule has 2 heterocycles. The number of piperidine rings is 1. The second kappa shape index (κ2) is 9.47. The van der Waals surface area contributed by atoms with Gasteiger partial charge in [0.2, 0.25) is 5.91 Å². The van der Waals surface area contributed by atoms with Crippen molar-refractivity contribution in [3.63, 3.8) is 0 Å². The Hall–Kier alpha value is -1.46. The highest BCUT2D eigenvalue weighted by Crippen LogP contribution is 2.27. The molecule has 0 aromatic carbocycles. The molecular formula is C21H33N3O2. The molecule has 0 spiro atoms. The first-order valence-corrected chi connectivity index (χ1v) is 10.1. The van der Waals surface area contributed by atoms with Crippen LogP contribution in [0.25, 0.3) is 0 Å². The zero-order valence-corrected chi connectivity index (χ0v) is 16.2. The van der Waals surface area contributed by atoms with Crippen molar-refractivity contribution in [3.8, 4) is 0 Å². The number of carbonyl (C=O) groups is 1. The molecule has 1 aromatic rings. The first-order valence-electron chi connectivity index (χ1n) is 10.1. The molecule has 144 valence electrons. The average molecular weight is 360 g/mol. The third-order valence-corrected chi connectivity index (χ3v) is 6.02. The molecule has 0 radical (unpaired) electrons. The van der Waals surface area contributed by atoms with Crippen LogP contribution in [0.15, 0.2) is 18.2 Å². The van der Waals surface area contributed by atoms with E-state index >= 15 is 0 Å². The van der Waals surface area contributed by atoms with E-state index in [9.17, 15) is 4.79 Å². The predicted octanol–water partition coefficient (Wildman–Crippen LogP) is 2.89. The Bertz CT molecular complexity index is 576. The van der Waals surface area contributed by atoms with E-state index in [2.05, 4.69) is 40.3 Å². The Morgan fingerprint density at radius 1 is 1.19 bits per heavy atom. The lowest BCUT2D eigenvalue weighted by atomic mass is 9.87. The SMILES string of the molecule is COC1CCC(C(=O)NCCN2CCC(c3cccc(C)n3)CC2)CC1. The Labute approximate surface area is 157 Å². The van der Waals surface area contributed by atoms with Gasteiger partial charge in [0, 0.05) is 43.4 Å². The summed E-state index contributed by atoms with van der Waals surface area (Å²) in [4.78, 5) is 19.5. The quantitative estimate of drug-likeness (QED) is 0.848. The lowest BCUT2D eigenvalue weighted by molar-refractivity contribution is -0.126. The summed E-state index contributed by atoms with van der Waals surface area (Å²) in [6.07, 6.45) is 6.60. The lowest BCUT2D eigenvalue weighted by Gasteiger charge is -2.32. The van der Waals surface area contributed by atoms with Crippen molar-refractivity contribution in [3.05, 3.63) is 29.6 Å². The van der Waals surface area contributed by atoms with Crippen molar-refractivity contribution >= 4 is 5.91 Å². The molecule has 3 rings (SSSR count). The summed E-state index contributed by atoms with van der Waals surface area (Å²) in [6.45, 7) is 5.96. The molecule has 0 atom stereocenters. The van der Waals surface area contributed by atoms with E-state index in [1.165, 1.54) is 5.69 Å². The van der Waals surface area contributed by atoms with Gasteiger partial charge in [0.25, 0.3) is 0 Å². The topological polar surface area (TPSA) is 54.5 Å². The fraction of sp³-hybridized carbons (Fsp3) is 0.714. The molecule has 1 saturated heterocycles. The summed E-state index contributed by atoms with van der Waals surface area (Å²) in [6, 6.07) is 6.33. The molecule has 5 heteroatoms. The molecule has 1 amide bonds. The van der Waals surface area contributed by atoms with Crippen molar-refractivity contribution in [2.24, 2.45) is 5.92 Å². The van der Waals surface area contributed by atoms with E-state index in [-0.39, 0.29) is 11.8 Å². The summed E-state index contributed by atoms with van der Waals surface area (Å²) >= 11 is 0. The minimum absolute atomic E-state index is 0.180. The Morgan fingerprint density at radius 3 is 2.58 bits per heavy atom. The molecule has 0 unspecified atom stereocenters. The summed E-state index contributed by atoms with van der Waals surface area (Å²) in [5, 5.41) is 3.15. The smallest absolute Gasteiger partial charge is 0.223 e. The standard InChI is InChI=1S/C21H33N3O2/c1-16-4-3-5-20(23-16)17-10-13-24(14-11-17)15-12-22-21(25)18-6-8-19(26-2)9-7-18/h3-5,17-19H,6-15H2,1-2H3,(H,22,25). The normalized spacial score (nSPS) is 25.2. The highest BCUT2D eigenvalue weighted by molar-refractivity contribution is 5.78. The van der Waals surface area contributed by atoms with Crippen molar-refractivity contribution in [2.75, 3.05) is 33.3 Å². The van der Waals surface area contributed by atoms with Gasteiger partial charge in [0.1, 0.15) is 0 Å². The molecule has 26 heavy (non-hydrogen) atoms. The molecule has 1 aliphatic carbocycles. The van der Waals surface area contributed by atoms with Crippen LogP contribution in [0.5, 0.6) is 0 Å². The second-order valence-corrected chi connectivity index (χ2v) is 7.82. The molecule has 2 fully saturated rings. The van der Waals surface area contributed by atoms with Crippen LogP contribution >= 0.6 is 0 Å². The third-order valence-electron chi connectivity index (χ3n) is 6.02. The number of hydrogen-bond donors (Lipinski definition) is 1. The van der Waals surface area contributed by atoms with Crippen molar-refractivity contribution in [1.29, 1.82) is 0 Å². The van der Waals surface area contributed by atoms with E-state index in [1.807, 2.05) is 0 Å². The Balaban J connectivity index is 1.33. The molecule has 2 aliphatic rings. The summed E-state index contributed by atoms with van der Waals surface area (Å²) in [5.74, 6) is 0.995. The Kier molecular flexibility index (Phi) is 7.03. The van der Waals surface area contributed by atoms with E-state index in [0.29, 0.717) is 12.0 Å². The average Bonchev–Trinajstić information content (AvgIpc) is 2.68. The number of amides is 1. The van der Waals surface area contributed by atoms with Crippen LogP contribution in [0.3, 0.4) is 0 Å². The number of likely N-dealkylation sites (tertiary alicyclic amines) is 1. The number of aromatic nitrogens is 1. The fourth-order valence-electron chi connectivity index (χ4n) is 4.29. The largest absolute Gasteiger partial charge is 0.381 e. The third kappa shape index (κ3) is 5.27. The maximum absolute atomic E-state index is 12.3. The van der Waals surface area contributed by atoms with Gasteiger partial charge in [-0.15, -0.1) is 0 Å². The first kappa shape index (κ1) is 19.3. The van der Waals surface area contributed by atoms with Crippen LogP contribution in [0.2, 0.25) is 0 Å². The molecule has 0 bridgehead atoms. The fourth-order valence-corrected chi connectivity index (χ4v) is 4.29. The van der Waals surface area contributed by atoms with E-state index in [1.54, 1.807) is 7.11 Å². The van der Waals surface area contributed by atoms with Gasteiger partial charge in [-0.2, -0.15) is 0 Å². The lowest BCUT2D eigenvalue weighted by Crippen LogP contribution is -2.41. The number of nitrogens with one attached hydrogen (secondary N) is 1. The van der Waals surface area contributed by atoms with Gasteiger partial charge < -0.3 is 15.0 Å². The number of rotatable bonds is 6. The summed E-state index contributed by atoms with van der Waals surface area (Å²) in [5.41, 5.74) is 2.34. The summed E-state index contributed by atoms with van der Waals surface area (Å²) in [7, 11) is 1.77. The number of hydrogen-bond acceptors (Lipinski definition) is 4. The van der Waals surface area contributed by atoms with Gasteiger partial charge in [0.15, 0.2) is 0 Å². The molecular weight excluding hydrogens is 326 g/mol. The van der Waals surface area contributed by atoms with Crippen LogP contribution in [-0.2, 0) is 9.53 Å². The van der Waals surface area contributed by atoms with E-state index in [4.69, 9.17) is 4.74 Å². The van der Waals surface area contributed by atoms with E-state index in [0.717, 1.165) is 70.4 Å². The maximum atomic E-state index is 12.3. The number of carbonyl (C=O) groups excluding carboxylic acids is 1. The van der Waals surface area contributed by atoms with Gasteiger partial charge >= 0.3 is 0 Å². The van der Waals surface area contributed by atoms with Gasteiger partial charge in [0.05, 0.1) is 6.10 Å². The zero-order valence-electron chi connectivity index (χ0n) is 16.2. The predicted molar refractivity (Wildman–Crippen MR) is 103 cm³/mol. The van der Waals surface area contributed by atoms with Gasteiger partial charge in [-0.3, -0.25) is 9.78 Å². The van der Waals surface area contributed by atoms with Crippen molar-refractivity contribution in [1.82, 2.24) is 15.2 Å². The first-order chi connectivity index (χ1) is 12.7. The minimum Gasteiger partial charge on any atom is -0.381 e. The van der Waals surface area contributed by atoms with Gasteiger partial charge in [-0.25, -0.2) is 0 Å². The second-order valence-electron chi connectivity index (χ2n) is 7.82. The van der Waals surface area contributed by atoms with Crippen LogP contribution in [0.1, 0.15) is 55.8 Å². The van der Waals surface area contributed by atoms with Gasteiger partial charge in [-0.05, 0) is 70.7 Å². The molecule has 1 saturated carbocycles. The number of pyridine rings is 1. The number of ether oxygens (including phenoxy) is 1. The van der Waals surface area contributed by atoms with E-state index < -0.39 is 0 Å². The summed E-state index contributed by atoms with van der Waals surface area (Å²) < 4.78 is 5.38.